The van der Waals surface area contributed by atoms with Crippen LogP contribution in [0, 0.1) is 17.1 Å². The Kier molecular flexibility index (Phi) is 5.60. The zero-order chi connectivity index (χ0) is 19.4. The Morgan fingerprint density at radius 3 is 2.63 bits per heavy atom. The van der Waals surface area contributed by atoms with E-state index >= 15 is 0 Å². The van der Waals surface area contributed by atoms with E-state index in [1.54, 1.807) is 42.5 Å². The van der Waals surface area contributed by atoms with Gasteiger partial charge in [-0.25, -0.2) is 4.39 Å². The molecule has 3 aromatic rings. The van der Waals surface area contributed by atoms with Gasteiger partial charge in [-0.3, -0.25) is 4.79 Å². The summed E-state index contributed by atoms with van der Waals surface area (Å²) in [7, 11) is 0. The number of nitrogens with zero attached hydrogens (tertiary/aromatic N) is 1. The van der Waals surface area contributed by atoms with Gasteiger partial charge in [-0.2, -0.15) is 5.26 Å². The number of halogens is 3. The number of furan rings is 1. The fourth-order valence-electron chi connectivity index (χ4n) is 2.31. The number of carbonyl (C=O) groups excluding carboxylic acids is 1. The van der Waals surface area contributed by atoms with Crippen LogP contribution < -0.4 is 5.32 Å². The lowest BCUT2D eigenvalue weighted by molar-refractivity contribution is -0.112. The van der Waals surface area contributed by atoms with Crippen LogP contribution in [0.2, 0.25) is 10.0 Å². The molecular formula is C20H11Cl2FN2O2. The van der Waals surface area contributed by atoms with E-state index in [-0.39, 0.29) is 17.0 Å². The van der Waals surface area contributed by atoms with Crippen molar-refractivity contribution in [2.45, 2.75) is 0 Å². The molecule has 0 bridgehead atoms. The van der Waals surface area contributed by atoms with E-state index in [2.05, 4.69) is 5.32 Å². The second-order valence-electron chi connectivity index (χ2n) is 5.41. The summed E-state index contributed by atoms with van der Waals surface area (Å²) < 4.78 is 19.3. The molecule has 1 heterocycles. The fourth-order valence-corrected chi connectivity index (χ4v) is 2.71. The quantitative estimate of drug-likeness (QED) is 0.435. The normalized spacial score (nSPS) is 11.1. The summed E-state index contributed by atoms with van der Waals surface area (Å²) in [4.78, 5) is 12.2. The summed E-state index contributed by atoms with van der Waals surface area (Å²) in [6.07, 6.45) is 1.26. The van der Waals surface area contributed by atoms with E-state index < -0.39 is 11.7 Å². The highest BCUT2D eigenvalue weighted by molar-refractivity contribution is 6.43. The third kappa shape index (κ3) is 4.20. The first-order valence-electron chi connectivity index (χ1n) is 7.71. The Labute approximate surface area is 164 Å². The highest BCUT2D eigenvalue weighted by atomic mass is 35.5. The van der Waals surface area contributed by atoms with Gasteiger partial charge in [-0.05, 0) is 36.4 Å². The number of hydrogen-bond acceptors (Lipinski definition) is 3. The summed E-state index contributed by atoms with van der Waals surface area (Å²) in [6.45, 7) is 0. The van der Waals surface area contributed by atoms with E-state index in [4.69, 9.17) is 27.6 Å². The van der Waals surface area contributed by atoms with E-state index in [9.17, 15) is 14.4 Å². The van der Waals surface area contributed by atoms with Crippen LogP contribution in [0.15, 0.2) is 64.6 Å². The number of para-hydroxylation sites is 1. The Hall–Kier alpha value is -3.07. The standard InChI is InChI=1S/C20H11Cl2FN2O2/c21-15-5-3-4-14(19(15)22)18-9-8-13(27-18)10-12(11-24)20(26)25-17-7-2-1-6-16(17)23/h1-10H,(H,25,26). The van der Waals surface area contributed by atoms with E-state index in [1.807, 2.05) is 0 Å². The van der Waals surface area contributed by atoms with Crippen molar-refractivity contribution in [2.24, 2.45) is 0 Å². The first-order valence-corrected chi connectivity index (χ1v) is 8.47. The van der Waals surface area contributed by atoms with E-state index in [1.165, 1.54) is 24.3 Å². The van der Waals surface area contributed by atoms with Gasteiger partial charge in [0, 0.05) is 11.6 Å². The predicted molar refractivity (Wildman–Crippen MR) is 103 cm³/mol. The third-order valence-corrected chi connectivity index (χ3v) is 4.44. The van der Waals surface area contributed by atoms with Crippen LogP contribution in [-0.4, -0.2) is 5.91 Å². The molecule has 1 aromatic heterocycles. The smallest absolute Gasteiger partial charge is 0.266 e. The van der Waals surface area contributed by atoms with Gasteiger partial charge >= 0.3 is 0 Å². The molecule has 0 aliphatic carbocycles. The van der Waals surface area contributed by atoms with Gasteiger partial charge in [0.2, 0.25) is 0 Å². The molecule has 0 spiro atoms. The molecule has 0 atom stereocenters. The minimum Gasteiger partial charge on any atom is -0.457 e. The Bertz CT molecular complexity index is 1080. The number of nitriles is 1. The largest absolute Gasteiger partial charge is 0.457 e. The van der Waals surface area contributed by atoms with Gasteiger partial charge in [0.05, 0.1) is 15.7 Å². The van der Waals surface area contributed by atoms with Crippen LogP contribution in [0.5, 0.6) is 0 Å². The van der Waals surface area contributed by atoms with Crippen molar-refractivity contribution in [1.82, 2.24) is 0 Å². The summed E-state index contributed by atoms with van der Waals surface area (Å²) in [6, 6.07) is 15.8. The molecule has 1 N–H and O–H groups in total. The molecule has 27 heavy (non-hydrogen) atoms. The van der Waals surface area contributed by atoms with Crippen LogP contribution in [0.1, 0.15) is 5.76 Å². The van der Waals surface area contributed by atoms with Gasteiger partial charge in [-0.15, -0.1) is 0 Å². The van der Waals surface area contributed by atoms with Crippen LogP contribution >= 0.6 is 23.2 Å². The van der Waals surface area contributed by atoms with Gasteiger partial charge in [0.25, 0.3) is 5.91 Å². The maximum atomic E-state index is 13.6. The highest BCUT2D eigenvalue weighted by Crippen LogP contribution is 2.34. The number of amides is 1. The van der Waals surface area contributed by atoms with E-state index in [0.29, 0.717) is 21.4 Å². The van der Waals surface area contributed by atoms with E-state index in [0.717, 1.165) is 0 Å². The number of rotatable bonds is 4. The average Bonchev–Trinajstić information content (AvgIpc) is 3.12. The molecule has 134 valence electrons. The maximum Gasteiger partial charge on any atom is 0.266 e. The second-order valence-corrected chi connectivity index (χ2v) is 6.19. The SMILES string of the molecule is N#CC(=Cc1ccc(-c2cccc(Cl)c2Cl)o1)C(=O)Nc1ccccc1F. The summed E-state index contributed by atoms with van der Waals surface area (Å²) in [5.41, 5.74) is 0.323. The molecule has 0 fully saturated rings. The third-order valence-electron chi connectivity index (χ3n) is 3.62. The zero-order valence-electron chi connectivity index (χ0n) is 13.7. The molecule has 4 nitrogen and oxygen atoms in total. The molecule has 3 rings (SSSR count). The minimum absolute atomic E-state index is 0.0190. The lowest BCUT2D eigenvalue weighted by atomic mass is 10.2. The summed E-state index contributed by atoms with van der Waals surface area (Å²) in [5.74, 6) is -0.651. The molecule has 0 saturated carbocycles. The van der Waals surface area contributed by atoms with Crippen molar-refractivity contribution < 1.29 is 13.6 Å². The second kappa shape index (κ2) is 8.09. The van der Waals surface area contributed by atoms with Crippen molar-refractivity contribution in [2.75, 3.05) is 5.32 Å². The van der Waals surface area contributed by atoms with Gasteiger partial charge < -0.3 is 9.73 Å². The molecule has 2 aromatic carbocycles. The number of nitrogens with one attached hydrogen (secondary N) is 1. The van der Waals surface area contributed by atoms with Gasteiger partial charge in [0.15, 0.2) is 0 Å². The van der Waals surface area contributed by atoms with Crippen molar-refractivity contribution in [3.63, 3.8) is 0 Å². The number of anilines is 1. The monoisotopic (exact) mass is 400 g/mol. The molecule has 1 amide bonds. The van der Waals surface area contributed by atoms with Crippen molar-refractivity contribution >= 4 is 40.9 Å². The Morgan fingerprint density at radius 1 is 1.11 bits per heavy atom. The molecule has 0 unspecified atom stereocenters. The first-order chi connectivity index (χ1) is 13.0. The number of hydrogen-bond donors (Lipinski definition) is 1. The average molecular weight is 401 g/mol. The molecule has 0 aliphatic rings. The number of benzene rings is 2. The molecule has 0 radical (unpaired) electrons. The number of carbonyl (C=O) groups is 1. The first kappa shape index (κ1) is 18.7. The lowest BCUT2D eigenvalue weighted by Crippen LogP contribution is -2.14. The van der Waals surface area contributed by atoms with Crippen molar-refractivity contribution in [1.29, 1.82) is 5.26 Å². The van der Waals surface area contributed by atoms with Crippen LogP contribution in [-0.2, 0) is 4.79 Å². The van der Waals surface area contributed by atoms with Crippen LogP contribution in [0.4, 0.5) is 10.1 Å². The maximum absolute atomic E-state index is 13.6. The van der Waals surface area contributed by atoms with Gasteiger partial charge in [0.1, 0.15) is 29.0 Å². The molecule has 0 saturated heterocycles. The van der Waals surface area contributed by atoms with Crippen molar-refractivity contribution in [3.05, 3.63) is 81.8 Å². The highest BCUT2D eigenvalue weighted by Gasteiger charge is 2.14. The fraction of sp³-hybridized carbons (Fsp3) is 0. The van der Waals surface area contributed by atoms with Crippen molar-refractivity contribution in [3.8, 4) is 17.4 Å². The van der Waals surface area contributed by atoms with Crippen LogP contribution in [0.3, 0.4) is 0 Å². The Balaban J connectivity index is 1.86. The predicted octanol–water partition coefficient (Wildman–Crippen LogP) is 5.94. The zero-order valence-corrected chi connectivity index (χ0v) is 15.2. The Morgan fingerprint density at radius 2 is 1.89 bits per heavy atom. The lowest BCUT2D eigenvalue weighted by Gasteiger charge is -2.04. The van der Waals surface area contributed by atoms with Gasteiger partial charge in [-0.1, -0.05) is 41.4 Å². The topological polar surface area (TPSA) is 66.0 Å². The minimum atomic E-state index is -0.749. The molecule has 0 aliphatic heterocycles. The van der Waals surface area contributed by atoms with Crippen LogP contribution in [0.25, 0.3) is 17.4 Å². The summed E-state index contributed by atoms with van der Waals surface area (Å²) >= 11 is 12.2. The molecular weight excluding hydrogens is 390 g/mol. The molecule has 7 heteroatoms. The summed E-state index contributed by atoms with van der Waals surface area (Å²) in [5, 5.41) is 12.3.